The highest BCUT2D eigenvalue weighted by Crippen LogP contribution is 2.49. The third-order valence-corrected chi connectivity index (χ3v) is 6.70. The van der Waals surface area contributed by atoms with E-state index in [0.717, 1.165) is 27.6 Å². The molecule has 0 saturated heterocycles. The molecule has 0 saturated carbocycles. The first-order valence-electron chi connectivity index (χ1n) is 10.4. The molecule has 1 heterocycles. The summed E-state index contributed by atoms with van der Waals surface area (Å²) in [5.41, 5.74) is 9.73. The molecular weight excluding hydrogens is 366 g/mol. The molecule has 2 nitrogen and oxygen atoms in total. The van der Waals surface area contributed by atoms with Gasteiger partial charge in [-0.3, -0.25) is 0 Å². The first kappa shape index (κ1) is 17.3. The summed E-state index contributed by atoms with van der Waals surface area (Å²) in [4.78, 5) is 2.26. The van der Waals surface area contributed by atoms with Crippen molar-refractivity contribution in [1.29, 1.82) is 0 Å². The van der Waals surface area contributed by atoms with Gasteiger partial charge in [0, 0.05) is 34.6 Å². The number of nitrogens with zero attached hydrogens (tertiary/aromatic N) is 1. The molecule has 146 valence electrons. The average molecular weight is 389 g/mol. The summed E-state index contributed by atoms with van der Waals surface area (Å²) in [6, 6.07) is 30.3. The average Bonchev–Trinajstić information content (AvgIpc) is 3.26. The van der Waals surface area contributed by atoms with Crippen molar-refractivity contribution in [2.75, 3.05) is 11.9 Å². The Morgan fingerprint density at radius 3 is 2.20 bits per heavy atom. The second-order valence-corrected chi connectivity index (χ2v) is 8.74. The largest absolute Gasteiger partial charge is 0.456 e. The summed E-state index contributed by atoms with van der Waals surface area (Å²) in [6.07, 6.45) is 0. The van der Waals surface area contributed by atoms with E-state index in [0.29, 0.717) is 0 Å². The Balaban J connectivity index is 1.46. The number of benzene rings is 4. The predicted octanol–water partition coefficient (Wildman–Crippen LogP) is 7.66. The summed E-state index contributed by atoms with van der Waals surface area (Å²) < 4.78 is 6.00. The van der Waals surface area contributed by atoms with Gasteiger partial charge in [-0.15, -0.1) is 0 Å². The lowest BCUT2D eigenvalue weighted by molar-refractivity contribution is 0.660. The number of rotatable bonds is 2. The van der Waals surface area contributed by atoms with Crippen LogP contribution >= 0.6 is 0 Å². The lowest BCUT2D eigenvalue weighted by atomic mass is 9.82. The van der Waals surface area contributed by atoms with Crippen molar-refractivity contribution in [1.82, 2.24) is 0 Å². The maximum absolute atomic E-state index is 6.00. The minimum Gasteiger partial charge on any atom is -0.456 e. The van der Waals surface area contributed by atoms with Crippen LogP contribution in [0.4, 0.5) is 11.4 Å². The van der Waals surface area contributed by atoms with E-state index >= 15 is 0 Å². The van der Waals surface area contributed by atoms with E-state index in [2.05, 4.69) is 98.6 Å². The monoisotopic (exact) mass is 389 g/mol. The van der Waals surface area contributed by atoms with Gasteiger partial charge < -0.3 is 9.32 Å². The van der Waals surface area contributed by atoms with Crippen LogP contribution in [0.5, 0.6) is 0 Å². The first-order chi connectivity index (χ1) is 14.5. The summed E-state index contributed by atoms with van der Waals surface area (Å²) >= 11 is 0. The number of furan rings is 1. The van der Waals surface area contributed by atoms with Gasteiger partial charge in [0.15, 0.2) is 0 Å². The minimum atomic E-state index is 0.00743. The van der Waals surface area contributed by atoms with Gasteiger partial charge in [0.2, 0.25) is 0 Å². The Labute approximate surface area is 176 Å². The molecule has 30 heavy (non-hydrogen) atoms. The summed E-state index contributed by atoms with van der Waals surface area (Å²) in [7, 11) is 2.14. The summed E-state index contributed by atoms with van der Waals surface area (Å²) in [6.45, 7) is 4.65. The van der Waals surface area contributed by atoms with Crippen LogP contribution in [0.25, 0.3) is 33.1 Å². The van der Waals surface area contributed by atoms with Crippen molar-refractivity contribution < 1.29 is 4.42 Å². The molecule has 0 radical (unpaired) electrons. The van der Waals surface area contributed by atoms with Crippen molar-refractivity contribution >= 4 is 33.3 Å². The fraction of sp³-hybridized carbons (Fsp3) is 0.143. The van der Waals surface area contributed by atoms with Crippen LogP contribution in [-0.2, 0) is 5.41 Å². The lowest BCUT2D eigenvalue weighted by Crippen LogP contribution is -2.16. The van der Waals surface area contributed by atoms with Gasteiger partial charge >= 0.3 is 0 Å². The highest BCUT2D eigenvalue weighted by molar-refractivity contribution is 6.06. The minimum absolute atomic E-state index is 0.00743. The molecule has 4 aromatic carbocycles. The highest BCUT2D eigenvalue weighted by atomic mass is 16.3. The maximum Gasteiger partial charge on any atom is 0.135 e. The molecule has 0 aliphatic heterocycles. The summed E-state index contributed by atoms with van der Waals surface area (Å²) in [5.74, 6) is 0. The van der Waals surface area contributed by atoms with E-state index in [1.54, 1.807) is 0 Å². The topological polar surface area (TPSA) is 16.4 Å². The van der Waals surface area contributed by atoms with Crippen LogP contribution < -0.4 is 4.90 Å². The number of para-hydroxylation sites is 1. The maximum atomic E-state index is 6.00. The second kappa shape index (κ2) is 5.99. The SMILES string of the molecule is CN(c1ccc2c(c1)C(C)(C)c1ccccc1-2)c1ccc2oc3ccccc3c2c1. The fourth-order valence-corrected chi connectivity index (χ4v) is 4.97. The van der Waals surface area contributed by atoms with Crippen molar-refractivity contribution in [3.8, 4) is 11.1 Å². The van der Waals surface area contributed by atoms with Crippen molar-refractivity contribution in [2.45, 2.75) is 19.3 Å². The molecule has 1 aliphatic rings. The molecule has 0 bridgehead atoms. The van der Waals surface area contributed by atoms with Gasteiger partial charge in [-0.1, -0.05) is 62.4 Å². The fourth-order valence-electron chi connectivity index (χ4n) is 4.97. The molecule has 0 atom stereocenters. The van der Waals surface area contributed by atoms with Crippen LogP contribution in [0.3, 0.4) is 0 Å². The van der Waals surface area contributed by atoms with Gasteiger partial charge in [-0.05, 0) is 58.7 Å². The zero-order valence-electron chi connectivity index (χ0n) is 17.4. The Morgan fingerprint density at radius 2 is 1.30 bits per heavy atom. The molecule has 2 heteroatoms. The second-order valence-electron chi connectivity index (χ2n) is 8.74. The Bertz CT molecular complexity index is 1440. The van der Waals surface area contributed by atoms with Crippen LogP contribution in [0, 0.1) is 0 Å². The van der Waals surface area contributed by atoms with Crippen LogP contribution in [0.2, 0.25) is 0 Å². The number of anilines is 2. The van der Waals surface area contributed by atoms with Crippen LogP contribution in [0.1, 0.15) is 25.0 Å². The lowest BCUT2D eigenvalue weighted by Gasteiger charge is -2.25. The quantitative estimate of drug-likeness (QED) is 0.308. The van der Waals surface area contributed by atoms with Gasteiger partial charge in [0.1, 0.15) is 11.2 Å². The molecule has 0 fully saturated rings. The van der Waals surface area contributed by atoms with Gasteiger partial charge in [0.05, 0.1) is 0 Å². The van der Waals surface area contributed by atoms with Gasteiger partial charge in [-0.2, -0.15) is 0 Å². The van der Waals surface area contributed by atoms with E-state index in [1.807, 2.05) is 12.1 Å². The van der Waals surface area contributed by atoms with Crippen molar-refractivity contribution in [2.24, 2.45) is 0 Å². The van der Waals surface area contributed by atoms with E-state index < -0.39 is 0 Å². The molecule has 0 amide bonds. The molecule has 6 rings (SSSR count). The van der Waals surface area contributed by atoms with E-state index in [1.165, 1.54) is 27.9 Å². The molecule has 1 aliphatic carbocycles. The third-order valence-electron chi connectivity index (χ3n) is 6.70. The standard InChI is InChI=1S/C28H23NO/c1-28(2)24-10-6-4-8-20(24)21-14-12-19(17-25(21)28)29(3)18-13-15-27-23(16-18)22-9-5-7-11-26(22)30-27/h4-17H,1-3H3. The number of hydrogen-bond donors (Lipinski definition) is 0. The number of hydrogen-bond acceptors (Lipinski definition) is 2. The Hall–Kier alpha value is -3.52. The third kappa shape index (κ3) is 2.31. The molecule has 1 aromatic heterocycles. The Kier molecular flexibility index (Phi) is 3.47. The smallest absolute Gasteiger partial charge is 0.135 e. The van der Waals surface area contributed by atoms with Crippen LogP contribution in [-0.4, -0.2) is 7.05 Å². The molecular formula is C28H23NO. The van der Waals surface area contributed by atoms with Gasteiger partial charge in [-0.25, -0.2) is 0 Å². The zero-order chi connectivity index (χ0) is 20.5. The van der Waals surface area contributed by atoms with Crippen LogP contribution in [0.15, 0.2) is 89.3 Å². The van der Waals surface area contributed by atoms with E-state index in [-0.39, 0.29) is 5.41 Å². The molecule has 0 unspecified atom stereocenters. The number of fused-ring (bicyclic) bond motifs is 6. The van der Waals surface area contributed by atoms with Crippen molar-refractivity contribution in [3.05, 3.63) is 96.1 Å². The molecule has 0 N–H and O–H groups in total. The van der Waals surface area contributed by atoms with Gasteiger partial charge in [0.25, 0.3) is 0 Å². The summed E-state index contributed by atoms with van der Waals surface area (Å²) in [5, 5.41) is 2.32. The van der Waals surface area contributed by atoms with E-state index in [9.17, 15) is 0 Å². The molecule has 0 spiro atoms. The van der Waals surface area contributed by atoms with E-state index in [4.69, 9.17) is 4.42 Å². The zero-order valence-corrected chi connectivity index (χ0v) is 17.4. The Morgan fingerprint density at radius 1 is 0.633 bits per heavy atom. The molecule has 5 aromatic rings. The normalized spacial score (nSPS) is 14.1. The highest BCUT2D eigenvalue weighted by Gasteiger charge is 2.35. The van der Waals surface area contributed by atoms with Crippen molar-refractivity contribution in [3.63, 3.8) is 0 Å². The predicted molar refractivity (Wildman–Crippen MR) is 126 cm³/mol. The first-order valence-corrected chi connectivity index (χ1v) is 10.4.